The Bertz CT molecular complexity index is 575. The van der Waals surface area contributed by atoms with Crippen LogP contribution in [0.2, 0.25) is 0 Å². The molecule has 0 radical (unpaired) electrons. The fraction of sp³-hybridized carbons (Fsp3) is 0.267. The molecule has 0 aliphatic carbocycles. The molecule has 0 aromatic carbocycles. The van der Waals surface area contributed by atoms with E-state index in [-0.39, 0.29) is 6.03 Å². The fourth-order valence-corrected chi connectivity index (χ4v) is 1.72. The van der Waals surface area contributed by atoms with Gasteiger partial charge in [0, 0.05) is 30.9 Å². The van der Waals surface area contributed by atoms with Gasteiger partial charge in [0.1, 0.15) is 5.82 Å². The summed E-state index contributed by atoms with van der Waals surface area (Å²) in [5.74, 6) is 0.945. The molecule has 0 spiro atoms. The van der Waals surface area contributed by atoms with Gasteiger partial charge in [0.05, 0.1) is 6.61 Å². The number of hydrogen-bond donors (Lipinski definition) is 2. The molecule has 6 nitrogen and oxygen atoms in total. The van der Waals surface area contributed by atoms with Crippen LogP contribution in [0.3, 0.4) is 0 Å². The number of amides is 2. The molecule has 2 N–H and O–H groups in total. The van der Waals surface area contributed by atoms with Crippen molar-refractivity contribution in [3.8, 4) is 5.88 Å². The van der Waals surface area contributed by atoms with E-state index in [2.05, 4.69) is 20.6 Å². The Morgan fingerprint density at radius 2 is 2.14 bits per heavy atom. The number of nitrogens with zero attached hydrogens (tertiary/aromatic N) is 2. The Balaban J connectivity index is 1.78. The molecule has 0 bridgehead atoms. The van der Waals surface area contributed by atoms with E-state index in [0.29, 0.717) is 31.3 Å². The number of rotatable bonds is 6. The molecule has 0 aliphatic rings. The van der Waals surface area contributed by atoms with Crippen LogP contribution in [0.4, 0.5) is 10.6 Å². The lowest BCUT2D eigenvalue weighted by Gasteiger charge is -2.08. The van der Waals surface area contributed by atoms with Crippen LogP contribution in [0.5, 0.6) is 5.88 Å². The van der Waals surface area contributed by atoms with Crippen LogP contribution in [0.1, 0.15) is 12.6 Å². The average Bonchev–Trinajstić information content (AvgIpc) is 2.49. The first-order chi connectivity index (χ1) is 10.3. The molecule has 0 saturated heterocycles. The van der Waals surface area contributed by atoms with Crippen LogP contribution in [-0.4, -0.2) is 29.2 Å². The third kappa shape index (κ3) is 5.10. The minimum absolute atomic E-state index is 0.299. The second-order valence-corrected chi connectivity index (χ2v) is 4.25. The van der Waals surface area contributed by atoms with Crippen LogP contribution >= 0.6 is 0 Å². The normalized spacial score (nSPS) is 9.95. The van der Waals surface area contributed by atoms with Crippen molar-refractivity contribution in [3.05, 3.63) is 48.3 Å². The first-order valence-electron chi connectivity index (χ1n) is 6.82. The van der Waals surface area contributed by atoms with Gasteiger partial charge in [-0.15, -0.1) is 0 Å². The van der Waals surface area contributed by atoms with Crippen LogP contribution in [-0.2, 0) is 6.42 Å². The maximum absolute atomic E-state index is 11.7. The van der Waals surface area contributed by atoms with Gasteiger partial charge in [-0.25, -0.2) is 4.79 Å². The molecular formula is C15H18N4O2. The second-order valence-electron chi connectivity index (χ2n) is 4.25. The number of aromatic nitrogens is 2. The van der Waals surface area contributed by atoms with E-state index in [4.69, 9.17) is 4.74 Å². The number of ether oxygens (including phenoxy) is 1. The van der Waals surface area contributed by atoms with Gasteiger partial charge in [0.25, 0.3) is 0 Å². The van der Waals surface area contributed by atoms with Gasteiger partial charge in [0.2, 0.25) is 5.88 Å². The number of carbonyl (C=O) groups excluding carboxylic acids is 1. The highest BCUT2D eigenvalue weighted by atomic mass is 16.5. The molecular weight excluding hydrogens is 268 g/mol. The van der Waals surface area contributed by atoms with Gasteiger partial charge in [-0.2, -0.15) is 4.98 Å². The maximum Gasteiger partial charge on any atom is 0.320 e. The largest absolute Gasteiger partial charge is 0.478 e. The summed E-state index contributed by atoms with van der Waals surface area (Å²) in [6, 6.07) is 10.6. The summed E-state index contributed by atoms with van der Waals surface area (Å²) in [6.07, 6.45) is 2.42. The Labute approximate surface area is 123 Å². The summed E-state index contributed by atoms with van der Waals surface area (Å²) < 4.78 is 5.28. The third-order valence-electron chi connectivity index (χ3n) is 2.65. The Morgan fingerprint density at radius 1 is 1.24 bits per heavy atom. The van der Waals surface area contributed by atoms with E-state index in [1.54, 1.807) is 24.4 Å². The summed E-state index contributed by atoms with van der Waals surface area (Å²) in [5.41, 5.74) is 0.939. The van der Waals surface area contributed by atoms with E-state index in [1.165, 1.54) is 0 Å². The SMILES string of the molecule is CCOc1cccc(NC(=O)NCCc2ccccn2)n1. The van der Waals surface area contributed by atoms with Crippen molar-refractivity contribution in [1.29, 1.82) is 0 Å². The topological polar surface area (TPSA) is 76.1 Å². The van der Waals surface area contributed by atoms with Crippen molar-refractivity contribution in [3.63, 3.8) is 0 Å². The Kier molecular flexibility index (Phi) is 5.51. The highest BCUT2D eigenvalue weighted by Gasteiger charge is 2.03. The fourth-order valence-electron chi connectivity index (χ4n) is 1.72. The van der Waals surface area contributed by atoms with E-state index < -0.39 is 0 Å². The number of pyridine rings is 2. The summed E-state index contributed by atoms with van der Waals surface area (Å²) >= 11 is 0. The molecule has 21 heavy (non-hydrogen) atoms. The van der Waals surface area contributed by atoms with Gasteiger partial charge < -0.3 is 10.1 Å². The minimum Gasteiger partial charge on any atom is -0.478 e. The molecule has 2 aromatic heterocycles. The predicted molar refractivity (Wildman–Crippen MR) is 80.4 cm³/mol. The van der Waals surface area contributed by atoms with Crippen LogP contribution in [0.15, 0.2) is 42.6 Å². The molecule has 0 saturated carbocycles. The molecule has 0 aliphatic heterocycles. The lowest BCUT2D eigenvalue weighted by atomic mass is 10.3. The van der Waals surface area contributed by atoms with Crippen molar-refractivity contribution in [1.82, 2.24) is 15.3 Å². The molecule has 6 heteroatoms. The number of anilines is 1. The number of hydrogen-bond acceptors (Lipinski definition) is 4. The highest BCUT2D eigenvalue weighted by molar-refractivity contribution is 5.88. The molecule has 2 amide bonds. The molecule has 2 heterocycles. The summed E-state index contributed by atoms with van der Waals surface area (Å²) in [6.45, 7) is 2.92. The predicted octanol–water partition coefficient (Wildman–Crippen LogP) is 2.24. The van der Waals surface area contributed by atoms with E-state index in [9.17, 15) is 4.79 Å². The van der Waals surface area contributed by atoms with Crippen molar-refractivity contribution in [2.24, 2.45) is 0 Å². The van der Waals surface area contributed by atoms with Crippen molar-refractivity contribution in [2.45, 2.75) is 13.3 Å². The first-order valence-corrected chi connectivity index (χ1v) is 6.82. The Hall–Kier alpha value is -2.63. The van der Waals surface area contributed by atoms with Gasteiger partial charge in [-0.1, -0.05) is 12.1 Å². The highest BCUT2D eigenvalue weighted by Crippen LogP contribution is 2.10. The zero-order valence-electron chi connectivity index (χ0n) is 11.9. The summed E-state index contributed by atoms with van der Waals surface area (Å²) in [4.78, 5) is 20.1. The van der Waals surface area contributed by atoms with E-state index in [0.717, 1.165) is 5.69 Å². The number of nitrogens with one attached hydrogen (secondary N) is 2. The van der Waals surface area contributed by atoms with Crippen molar-refractivity contribution < 1.29 is 9.53 Å². The van der Waals surface area contributed by atoms with Gasteiger partial charge in [0.15, 0.2) is 0 Å². The maximum atomic E-state index is 11.7. The van der Waals surface area contributed by atoms with Crippen LogP contribution < -0.4 is 15.4 Å². The zero-order valence-corrected chi connectivity index (χ0v) is 11.9. The quantitative estimate of drug-likeness (QED) is 0.854. The van der Waals surface area contributed by atoms with Gasteiger partial charge in [-0.05, 0) is 25.1 Å². The second kappa shape index (κ2) is 7.84. The monoisotopic (exact) mass is 286 g/mol. The molecule has 0 atom stereocenters. The van der Waals surface area contributed by atoms with Crippen LogP contribution in [0.25, 0.3) is 0 Å². The lowest BCUT2D eigenvalue weighted by molar-refractivity contribution is 0.252. The molecule has 2 rings (SSSR count). The lowest BCUT2D eigenvalue weighted by Crippen LogP contribution is -2.30. The standard InChI is InChI=1S/C15H18N4O2/c1-2-21-14-8-5-7-13(18-14)19-15(20)17-11-9-12-6-3-4-10-16-12/h3-8,10H,2,9,11H2,1H3,(H2,17,18,19,20). The molecule has 110 valence electrons. The zero-order chi connectivity index (χ0) is 14.9. The van der Waals surface area contributed by atoms with E-state index in [1.807, 2.05) is 25.1 Å². The van der Waals surface area contributed by atoms with Gasteiger partial charge in [-0.3, -0.25) is 10.3 Å². The third-order valence-corrected chi connectivity index (χ3v) is 2.65. The molecule has 0 fully saturated rings. The average molecular weight is 286 g/mol. The summed E-state index contributed by atoms with van der Waals surface area (Å²) in [7, 11) is 0. The van der Waals surface area contributed by atoms with Crippen molar-refractivity contribution in [2.75, 3.05) is 18.5 Å². The number of carbonyl (C=O) groups is 1. The Morgan fingerprint density at radius 3 is 2.90 bits per heavy atom. The van der Waals surface area contributed by atoms with E-state index >= 15 is 0 Å². The summed E-state index contributed by atoms with van der Waals surface area (Å²) in [5, 5.41) is 5.43. The smallest absolute Gasteiger partial charge is 0.320 e. The molecule has 2 aromatic rings. The van der Waals surface area contributed by atoms with Crippen molar-refractivity contribution >= 4 is 11.8 Å². The molecule has 0 unspecified atom stereocenters. The minimum atomic E-state index is -0.299. The van der Waals surface area contributed by atoms with Crippen LogP contribution in [0, 0.1) is 0 Å². The van der Waals surface area contributed by atoms with Gasteiger partial charge >= 0.3 is 6.03 Å². The number of urea groups is 1. The first kappa shape index (κ1) is 14.8.